The third-order valence-corrected chi connectivity index (χ3v) is 8.38. The van der Waals surface area contributed by atoms with E-state index in [1.807, 2.05) is 25.4 Å². The van der Waals surface area contributed by atoms with Crippen LogP contribution in [0.3, 0.4) is 0 Å². The SMILES string of the molecule is Cc1cnc(N2CCC(CN3CCN(c4ccc5c(c4)C(=O)N(C4CCC(=O)NC4=O)C5=O)CC3)CC2)cn1. The van der Waals surface area contributed by atoms with Crippen molar-refractivity contribution in [3.63, 3.8) is 0 Å². The molecule has 0 aliphatic carbocycles. The number of aryl methyl sites for hydroxylation is 1. The van der Waals surface area contributed by atoms with E-state index in [9.17, 15) is 19.2 Å². The van der Waals surface area contributed by atoms with Gasteiger partial charge in [0, 0.05) is 57.9 Å². The molecule has 2 aromatic rings. The number of carbonyl (C=O) groups excluding carboxylic acids is 4. The number of amides is 4. The summed E-state index contributed by atoms with van der Waals surface area (Å²) in [5.41, 5.74) is 2.49. The summed E-state index contributed by atoms with van der Waals surface area (Å²) >= 11 is 0. The molecule has 6 rings (SSSR count). The second kappa shape index (κ2) is 10.4. The van der Waals surface area contributed by atoms with Crippen LogP contribution in [-0.2, 0) is 9.59 Å². The molecular formula is C28H33N7O4. The highest BCUT2D eigenvalue weighted by Gasteiger charge is 2.44. The highest BCUT2D eigenvalue weighted by Crippen LogP contribution is 2.31. The van der Waals surface area contributed by atoms with Gasteiger partial charge in [0.1, 0.15) is 11.9 Å². The van der Waals surface area contributed by atoms with Gasteiger partial charge in [0.05, 0.1) is 29.2 Å². The van der Waals surface area contributed by atoms with Crippen molar-refractivity contribution in [2.75, 3.05) is 55.6 Å². The maximum Gasteiger partial charge on any atom is 0.262 e. The minimum absolute atomic E-state index is 0.111. The molecule has 4 aliphatic rings. The van der Waals surface area contributed by atoms with Crippen molar-refractivity contribution in [1.82, 2.24) is 25.1 Å². The number of hydrogen-bond acceptors (Lipinski definition) is 9. The van der Waals surface area contributed by atoms with E-state index >= 15 is 0 Å². The maximum atomic E-state index is 13.2. The number of imide groups is 2. The summed E-state index contributed by atoms with van der Waals surface area (Å²) in [4.78, 5) is 67.0. The van der Waals surface area contributed by atoms with Crippen molar-refractivity contribution in [1.29, 1.82) is 0 Å². The van der Waals surface area contributed by atoms with Crippen molar-refractivity contribution in [2.45, 2.75) is 38.6 Å². The number of piperazine rings is 1. The summed E-state index contributed by atoms with van der Waals surface area (Å²) in [6.45, 7) is 8.60. The number of fused-ring (bicyclic) bond motifs is 1. The van der Waals surface area contributed by atoms with Gasteiger partial charge in [-0.25, -0.2) is 4.98 Å². The number of aromatic nitrogens is 2. The van der Waals surface area contributed by atoms with Crippen molar-refractivity contribution in [3.8, 4) is 0 Å². The van der Waals surface area contributed by atoms with Gasteiger partial charge in [0.15, 0.2) is 0 Å². The predicted octanol–water partition coefficient (Wildman–Crippen LogP) is 1.22. The van der Waals surface area contributed by atoms with E-state index < -0.39 is 23.8 Å². The highest BCUT2D eigenvalue weighted by molar-refractivity contribution is 6.23. The molecule has 4 amide bonds. The Balaban J connectivity index is 1.03. The van der Waals surface area contributed by atoms with Crippen LogP contribution in [0, 0.1) is 12.8 Å². The van der Waals surface area contributed by atoms with Gasteiger partial charge in [-0.05, 0) is 50.3 Å². The Morgan fingerprint density at radius 2 is 1.59 bits per heavy atom. The molecule has 11 heteroatoms. The number of anilines is 2. The third-order valence-electron chi connectivity index (χ3n) is 8.38. The van der Waals surface area contributed by atoms with Crippen LogP contribution in [-0.4, -0.2) is 95.3 Å². The number of benzene rings is 1. The topological polar surface area (TPSA) is 119 Å². The van der Waals surface area contributed by atoms with Crippen molar-refractivity contribution < 1.29 is 19.2 Å². The Kier molecular flexibility index (Phi) is 6.76. The zero-order chi connectivity index (χ0) is 27.1. The summed E-state index contributed by atoms with van der Waals surface area (Å²) in [6.07, 6.45) is 6.23. The first-order chi connectivity index (χ1) is 18.9. The van der Waals surface area contributed by atoms with Gasteiger partial charge in [0.25, 0.3) is 11.8 Å². The van der Waals surface area contributed by atoms with Crippen molar-refractivity contribution in [3.05, 3.63) is 47.4 Å². The van der Waals surface area contributed by atoms with Gasteiger partial charge in [-0.15, -0.1) is 0 Å². The van der Waals surface area contributed by atoms with E-state index in [1.54, 1.807) is 12.1 Å². The van der Waals surface area contributed by atoms with Gasteiger partial charge in [-0.2, -0.15) is 0 Å². The molecular weight excluding hydrogens is 498 g/mol. The maximum absolute atomic E-state index is 13.2. The first-order valence-corrected chi connectivity index (χ1v) is 13.7. The fourth-order valence-corrected chi connectivity index (χ4v) is 6.10. The summed E-state index contributed by atoms with van der Waals surface area (Å²) in [7, 11) is 0. The van der Waals surface area contributed by atoms with Gasteiger partial charge in [-0.1, -0.05) is 0 Å². The largest absolute Gasteiger partial charge is 0.369 e. The quantitative estimate of drug-likeness (QED) is 0.568. The lowest BCUT2D eigenvalue weighted by Crippen LogP contribution is -2.54. The van der Waals surface area contributed by atoms with Crippen LogP contribution in [0.25, 0.3) is 0 Å². The van der Waals surface area contributed by atoms with Crippen LogP contribution in [0.5, 0.6) is 0 Å². The second-order valence-corrected chi connectivity index (χ2v) is 10.9. The Morgan fingerprint density at radius 3 is 2.28 bits per heavy atom. The Hall–Kier alpha value is -3.86. The molecule has 204 valence electrons. The molecule has 0 spiro atoms. The van der Waals surface area contributed by atoms with E-state index in [1.165, 1.54) is 0 Å². The standard InChI is InChI=1S/C28H33N7O4/c1-18-15-30-24(16-29-18)34-8-6-19(7-9-34)17-32-10-12-33(13-11-32)20-2-3-21-22(14-20)28(39)35(27(21)38)23-4-5-25(36)31-26(23)37/h2-3,14-16,19,23H,4-13,17H2,1H3,(H,31,36,37). The van der Waals surface area contributed by atoms with Gasteiger partial charge in [-0.3, -0.25) is 39.3 Å². The number of rotatable bonds is 5. The third kappa shape index (κ3) is 4.98. The molecule has 1 aromatic carbocycles. The van der Waals surface area contributed by atoms with Crippen LogP contribution in [0.2, 0.25) is 0 Å². The molecule has 5 heterocycles. The second-order valence-electron chi connectivity index (χ2n) is 10.9. The van der Waals surface area contributed by atoms with E-state index in [0.29, 0.717) is 17.0 Å². The Morgan fingerprint density at radius 1 is 0.846 bits per heavy atom. The summed E-state index contributed by atoms with van der Waals surface area (Å²) in [6, 6.07) is 4.41. The predicted molar refractivity (Wildman–Crippen MR) is 143 cm³/mol. The number of nitrogens with zero attached hydrogens (tertiary/aromatic N) is 6. The van der Waals surface area contributed by atoms with Crippen LogP contribution in [0.1, 0.15) is 52.1 Å². The average molecular weight is 532 g/mol. The number of nitrogens with one attached hydrogen (secondary N) is 1. The molecule has 3 fully saturated rings. The van der Waals surface area contributed by atoms with Crippen LogP contribution < -0.4 is 15.1 Å². The summed E-state index contributed by atoms with van der Waals surface area (Å²) in [5, 5.41) is 2.24. The zero-order valence-corrected chi connectivity index (χ0v) is 22.1. The molecule has 1 atom stereocenters. The fraction of sp³-hybridized carbons (Fsp3) is 0.500. The van der Waals surface area contributed by atoms with Gasteiger partial charge >= 0.3 is 0 Å². The lowest BCUT2D eigenvalue weighted by atomic mass is 9.96. The minimum atomic E-state index is -0.946. The molecule has 0 saturated carbocycles. The van der Waals surface area contributed by atoms with Crippen LogP contribution >= 0.6 is 0 Å². The fourth-order valence-electron chi connectivity index (χ4n) is 6.10. The average Bonchev–Trinajstić information content (AvgIpc) is 3.19. The molecule has 11 nitrogen and oxygen atoms in total. The smallest absolute Gasteiger partial charge is 0.262 e. The number of hydrogen-bond donors (Lipinski definition) is 1. The molecule has 3 saturated heterocycles. The first kappa shape index (κ1) is 25.4. The van der Waals surface area contributed by atoms with E-state index in [2.05, 4.69) is 30.0 Å². The van der Waals surface area contributed by atoms with Crippen molar-refractivity contribution >= 4 is 35.1 Å². The molecule has 39 heavy (non-hydrogen) atoms. The molecule has 4 aliphatic heterocycles. The van der Waals surface area contributed by atoms with E-state index in [4.69, 9.17) is 0 Å². The molecule has 1 aromatic heterocycles. The first-order valence-electron chi connectivity index (χ1n) is 13.7. The minimum Gasteiger partial charge on any atom is -0.369 e. The van der Waals surface area contributed by atoms with Gasteiger partial charge in [0.2, 0.25) is 11.8 Å². The van der Waals surface area contributed by atoms with Crippen molar-refractivity contribution in [2.24, 2.45) is 5.92 Å². The van der Waals surface area contributed by atoms with Crippen LogP contribution in [0.4, 0.5) is 11.5 Å². The van der Waals surface area contributed by atoms with Crippen LogP contribution in [0.15, 0.2) is 30.6 Å². The monoisotopic (exact) mass is 531 g/mol. The zero-order valence-electron chi connectivity index (χ0n) is 22.1. The van der Waals surface area contributed by atoms with E-state index in [-0.39, 0.29) is 18.7 Å². The lowest BCUT2D eigenvalue weighted by molar-refractivity contribution is -0.136. The number of carbonyl (C=O) groups is 4. The molecule has 1 N–H and O–H groups in total. The Bertz CT molecular complexity index is 1300. The summed E-state index contributed by atoms with van der Waals surface area (Å²) < 4.78 is 0. The molecule has 1 unspecified atom stereocenters. The highest BCUT2D eigenvalue weighted by atomic mass is 16.2. The van der Waals surface area contributed by atoms with Gasteiger partial charge < -0.3 is 9.80 Å². The molecule has 0 radical (unpaired) electrons. The normalized spacial score (nSPS) is 22.9. The molecule has 0 bridgehead atoms. The summed E-state index contributed by atoms with van der Waals surface area (Å²) in [5.74, 6) is -0.284. The Labute approximate surface area is 227 Å². The lowest BCUT2D eigenvalue weighted by Gasteiger charge is -2.39. The van der Waals surface area contributed by atoms with E-state index in [0.717, 1.165) is 80.8 Å². The number of piperidine rings is 2.